The summed E-state index contributed by atoms with van der Waals surface area (Å²) in [6, 6.07) is 0. The molecule has 0 bridgehead atoms. The van der Waals surface area contributed by atoms with Crippen molar-refractivity contribution in [3.05, 3.63) is 0 Å². The molecule has 0 unspecified atom stereocenters. The van der Waals surface area contributed by atoms with Crippen LogP contribution in [0.5, 0.6) is 0 Å². The maximum absolute atomic E-state index is 8.67. The van der Waals surface area contributed by atoms with Crippen molar-refractivity contribution in [3.8, 4) is 0 Å². The predicted molar refractivity (Wildman–Crippen MR) is 7.97 cm³/mol. The number of rotatable bonds is 0. The van der Waals surface area contributed by atoms with Gasteiger partial charge >= 0.3 is 28.0 Å². The predicted octanol–water partition coefficient (Wildman–Crippen LogP) is -3.32. The van der Waals surface area contributed by atoms with E-state index in [0.29, 0.717) is 0 Å². The van der Waals surface area contributed by atoms with E-state index in [2.05, 4.69) is 0 Å². The maximum atomic E-state index is 8.67. The Balaban J connectivity index is 2.32. The molecule has 0 aliphatic heterocycles. The molecule has 0 aliphatic carbocycles. The SMILES string of the molecule is [O-][As]([O-])O. The Hall–Kier alpha value is 0.438. The zero-order valence-electron chi connectivity index (χ0n) is 1.71. The topological polar surface area (TPSA) is 66.3 Å². The molecular weight excluding hydrogens is 123 g/mol. The van der Waals surface area contributed by atoms with E-state index in [0.717, 1.165) is 0 Å². The average molecular weight is 124 g/mol. The second kappa shape index (κ2) is 1.73. The third kappa shape index (κ3) is 26.2. The Labute approximate surface area is 28.8 Å². The molecule has 0 aliphatic rings. The van der Waals surface area contributed by atoms with Crippen molar-refractivity contribution in [1.82, 2.24) is 0 Å². The van der Waals surface area contributed by atoms with Crippen molar-refractivity contribution in [2.45, 2.75) is 0 Å². The normalized spacial score (nSPS) is 9.00. The average Bonchev–Trinajstić information content (AvgIpc) is 0.811. The van der Waals surface area contributed by atoms with Crippen LogP contribution in [0.3, 0.4) is 0 Å². The van der Waals surface area contributed by atoms with E-state index in [9.17, 15) is 0 Å². The zero-order valence-corrected chi connectivity index (χ0v) is 3.59. The fraction of sp³-hybridized carbons (Fsp3) is 0. The van der Waals surface area contributed by atoms with Crippen LogP contribution in [0, 0.1) is 0 Å². The summed E-state index contributed by atoms with van der Waals surface area (Å²) in [6.45, 7) is 0. The van der Waals surface area contributed by atoms with Gasteiger partial charge in [0.1, 0.15) is 0 Å². The van der Waals surface area contributed by atoms with Crippen LogP contribution in [-0.4, -0.2) is 19.8 Å². The monoisotopic (exact) mass is 124 g/mol. The molecule has 4 heavy (non-hydrogen) atoms. The van der Waals surface area contributed by atoms with Gasteiger partial charge in [0.05, 0.1) is 0 Å². The van der Waals surface area contributed by atoms with E-state index in [1.165, 1.54) is 0 Å². The van der Waals surface area contributed by atoms with Crippen molar-refractivity contribution >= 4 is 15.7 Å². The molecule has 0 heterocycles. The van der Waals surface area contributed by atoms with E-state index in [1.807, 2.05) is 0 Å². The Morgan fingerprint density at radius 2 is 1.50 bits per heavy atom. The summed E-state index contributed by atoms with van der Waals surface area (Å²) >= 11 is -3.69. The third-order valence-corrected chi connectivity index (χ3v) is 0. The van der Waals surface area contributed by atoms with Gasteiger partial charge in [-0.2, -0.15) is 0 Å². The van der Waals surface area contributed by atoms with Gasteiger partial charge in [-0.15, -0.1) is 0 Å². The van der Waals surface area contributed by atoms with Crippen LogP contribution in [0.4, 0.5) is 0 Å². The van der Waals surface area contributed by atoms with Gasteiger partial charge < -0.3 is 0 Å². The van der Waals surface area contributed by atoms with Crippen molar-refractivity contribution in [1.29, 1.82) is 0 Å². The summed E-state index contributed by atoms with van der Waals surface area (Å²) in [5, 5.41) is 0. The Kier molecular flexibility index (Phi) is 1.92. The molecule has 0 saturated heterocycles. The zero-order chi connectivity index (χ0) is 3.58. The molecule has 0 rings (SSSR count). The van der Waals surface area contributed by atoms with E-state index in [-0.39, 0.29) is 0 Å². The van der Waals surface area contributed by atoms with Gasteiger partial charge in [0.15, 0.2) is 0 Å². The minimum atomic E-state index is -3.69. The van der Waals surface area contributed by atoms with Crippen LogP contribution >= 0.6 is 0 Å². The van der Waals surface area contributed by atoms with E-state index < -0.39 is 15.7 Å². The van der Waals surface area contributed by atoms with Gasteiger partial charge in [-0.3, -0.25) is 0 Å². The Morgan fingerprint density at radius 1 is 1.50 bits per heavy atom. The molecule has 0 saturated carbocycles. The number of hydrogen-bond donors (Lipinski definition) is 1. The van der Waals surface area contributed by atoms with Gasteiger partial charge in [-0.1, -0.05) is 0 Å². The van der Waals surface area contributed by atoms with Crippen LogP contribution in [-0.2, 0) is 0 Å². The van der Waals surface area contributed by atoms with Crippen molar-refractivity contribution in [2.24, 2.45) is 0 Å². The van der Waals surface area contributed by atoms with Crippen LogP contribution < -0.4 is 8.19 Å². The second-order valence-electron chi connectivity index (χ2n) is 0.238. The standard InChI is InChI=1S/AsHO3/c2-1(3)4/h2H/q-2. The Morgan fingerprint density at radius 3 is 1.50 bits per heavy atom. The van der Waals surface area contributed by atoms with Crippen LogP contribution in [0.2, 0.25) is 0 Å². The molecule has 0 radical (unpaired) electrons. The van der Waals surface area contributed by atoms with E-state index in [4.69, 9.17) is 12.3 Å². The first-order valence-electron chi connectivity index (χ1n) is 0.565. The Bertz CT molecular complexity index is 8.00. The third-order valence-electron chi connectivity index (χ3n) is 0. The molecule has 0 amide bonds. The van der Waals surface area contributed by atoms with Gasteiger partial charge in [0.25, 0.3) is 0 Å². The molecule has 0 atom stereocenters. The van der Waals surface area contributed by atoms with Gasteiger partial charge in [0, 0.05) is 0 Å². The summed E-state index contributed by atoms with van der Waals surface area (Å²) in [4.78, 5) is 0. The van der Waals surface area contributed by atoms with Crippen molar-refractivity contribution < 1.29 is 12.3 Å². The van der Waals surface area contributed by atoms with Crippen LogP contribution in [0.1, 0.15) is 0 Å². The summed E-state index contributed by atoms with van der Waals surface area (Å²) in [5.41, 5.74) is 0. The van der Waals surface area contributed by atoms with Crippen LogP contribution in [0.15, 0.2) is 0 Å². The summed E-state index contributed by atoms with van der Waals surface area (Å²) in [5.74, 6) is 0. The quantitative estimate of drug-likeness (QED) is 0.343. The summed E-state index contributed by atoms with van der Waals surface area (Å²) in [6.07, 6.45) is 0. The van der Waals surface area contributed by atoms with Gasteiger partial charge in [-0.25, -0.2) is 0 Å². The molecular formula is HAsO3-2. The molecule has 0 fully saturated rings. The minimum absolute atomic E-state index is 3.69. The summed E-state index contributed by atoms with van der Waals surface area (Å²) in [7, 11) is 0. The van der Waals surface area contributed by atoms with Crippen LogP contribution in [0.25, 0.3) is 0 Å². The molecule has 4 heteroatoms. The summed E-state index contributed by atoms with van der Waals surface area (Å²) < 4.78 is 24.4. The number of hydrogen-bond acceptors (Lipinski definition) is 3. The fourth-order valence-electron chi connectivity index (χ4n) is 0. The van der Waals surface area contributed by atoms with Gasteiger partial charge in [-0.05, 0) is 0 Å². The van der Waals surface area contributed by atoms with E-state index >= 15 is 0 Å². The first-order chi connectivity index (χ1) is 1.73. The van der Waals surface area contributed by atoms with Crippen molar-refractivity contribution in [3.63, 3.8) is 0 Å². The fourth-order valence-corrected chi connectivity index (χ4v) is 0. The second-order valence-corrected chi connectivity index (χ2v) is 1.24. The molecule has 0 aromatic heterocycles. The molecule has 0 spiro atoms. The molecule has 1 N–H and O–H groups in total. The molecule has 26 valence electrons. The molecule has 0 aromatic rings. The first kappa shape index (κ1) is 4.44. The van der Waals surface area contributed by atoms with E-state index in [1.54, 1.807) is 0 Å². The molecule has 3 nitrogen and oxygen atoms in total. The van der Waals surface area contributed by atoms with Crippen molar-refractivity contribution in [2.75, 3.05) is 0 Å². The molecule has 0 aromatic carbocycles. The first-order valence-corrected chi connectivity index (χ1v) is 2.94. The van der Waals surface area contributed by atoms with Gasteiger partial charge in [0.2, 0.25) is 0 Å².